The van der Waals surface area contributed by atoms with Crippen LogP contribution in [-0.2, 0) is 4.79 Å². The van der Waals surface area contributed by atoms with Crippen molar-refractivity contribution < 1.29 is 4.79 Å². The highest BCUT2D eigenvalue weighted by atomic mass is 16.1. The van der Waals surface area contributed by atoms with E-state index in [9.17, 15) is 4.79 Å². The molecule has 2 atom stereocenters. The van der Waals surface area contributed by atoms with E-state index in [0.29, 0.717) is 17.6 Å². The first-order chi connectivity index (χ1) is 4.81. The normalized spacial score (nSPS) is 41.7. The van der Waals surface area contributed by atoms with Crippen LogP contribution in [0.5, 0.6) is 0 Å². The van der Waals surface area contributed by atoms with E-state index in [-0.39, 0.29) is 0 Å². The van der Waals surface area contributed by atoms with Gasteiger partial charge in [0.25, 0.3) is 0 Å². The van der Waals surface area contributed by atoms with E-state index < -0.39 is 0 Å². The van der Waals surface area contributed by atoms with Crippen molar-refractivity contribution in [3.8, 4) is 0 Å². The van der Waals surface area contributed by atoms with Gasteiger partial charge < -0.3 is 0 Å². The molecule has 0 aromatic rings. The van der Waals surface area contributed by atoms with E-state index in [0.717, 1.165) is 19.3 Å². The molecule has 0 aromatic carbocycles. The molecule has 1 nitrogen and oxygen atoms in total. The molecule has 2 bridgehead atoms. The third-order valence-corrected chi connectivity index (χ3v) is 2.85. The zero-order valence-electron chi connectivity index (χ0n) is 6.26. The molecular weight excluding hydrogens is 124 g/mol. The first kappa shape index (κ1) is 6.14. The second-order valence-corrected chi connectivity index (χ2v) is 3.37. The van der Waals surface area contributed by atoms with Crippen LogP contribution in [0.15, 0.2) is 11.6 Å². The molecule has 0 aliphatic heterocycles. The van der Waals surface area contributed by atoms with Crippen molar-refractivity contribution >= 4 is 5.78 Å². The fraction of sp³-hybridized carbons (Fsp3) is 0.667. The van der Waals surface area contributed by atoms with Crippen LogP contribution in [0.25, 0.3) is 0 Å². The lowest BCUT2D eigenvalue weighted by molar-refractivity contribution is -0.121. The molecule has 0 aromatic heterocycles. The minimum absolute atomic E-state index is 0.413. The molecule has 2 aliphatic carbocycles. The number of Topliss-reactive ketones (excluding diaryl/α,β-unsaturated/α-hetero) is 1. The van der Waals surface area contributed by atoms with Gasteiger partial charge in [-0.05, 0) is 25.7 Å². The van der Waals surface area contributed by atoms with Crippen LogP contribution < -0.4 is 0 Å². The Morgan fingerprint density at radius 1 is 1.40 bits per heavy atom. The molecule has 0 spiro atoms. The summed E-state index contributed by atoms with van der Waals surface area (Å²) in [5.74, 6) is 1.56. The molecule has 2 rings (SSSR count). The number of carbonyl (C=O) groups is 1. The molecule has 0 heterocycles. The molecule has 2 unspecified atom stereocenters. The number of hydrogen-bond donors (Lipinski definition) is 0. The fourth-order valence-corrected chi connectivity index (χ4v) is 2.25. The van der Waals surface area contributed by atoms with Crippen molar-refractivity contribution in [1.82, 2.24) is 0 Å². The Bertz CT molecular complexity index is 203. The lowest BCUT2D eigenvalue weighted by Gasteiger charge is -2.10. The summed E-state index contributed by atoms with van der Waals surface area (Å²) in [6.07, 6.45) is 5.25. The molecule has 2 fully saturated rings. The van der Waals surface area contributed by atoms with E-state index in [1.54, 1.807) is 0 Å². The van der Waals surface area contributed by atoms with Crippen molar-refractivity contribution in [1.29, 1.82) is 0 Å². The van der Waals surface area contributed by atoms with E-state index >= 15 is 0 Å². The molecule has 2 saturated carbocycles. The predicted molar refractivity (Wildman–Crippen MR) is 39.6 cm³/mol. The van der Waals surface area contributed by atoms with Crippen LogP contribution in [0.2, 0.25) is 0 Å². The summed E-state index contributed by atoms with van der Waals surface area (Å²) in [6.45, 7) is 2.08. The Hall–Kier alpha value is -0.590. The third kappa shape index (κ3) is 0.664. The zero-order chi connectivity index (χ0) is 7.14. The van der Waals surface area contributed by atoms with Crippen LogP contribution in [0, 0.1) is 11.8 Å². The van der Waals surface area contributed by atoms with Gasteiger partial charge in [0.1, 0.15) is 5.78 Å². The van der Waals surface area contributed by atoms with Crippen LogP contribution >= 0.6 is 0 Å². The summed E-state index contributed by atoms with van der Waals surface area (Å²) < 4.78 is 0. The summed E-state index contributed by atoms with van der Waals surface area (Å²) in [4.78, 5) is 11.1. The highest BCUT2D eigenvalue weighted by Crippen LogP contribution is 2.45. The van der Waals surface area contributed by atoms with E-state index in [1.807, 2.05) is 0 Å². The number of carbonyl (C=O) groups excluding carboxylic acids is 1. The van der Waals surface area contributed by atoms with Gasteiger partial charge in [0.2, 0.25) is 0 Å². The van der Waals surface area contributed by atoms with Crippen LogP contribution in [-0.4, -0.2) is 5.78 Å². The third-order valence-electron chi connectivity index (χ3n) is 2.85. The lowest BCUT2D eigenvalue weighted by atomic mass is 9.94. The SMILES string of the molecule is C/C=C1/CC2CC1CC2=O. The van der Waals surface area contributed by atoms with Gasteiger partial charge in [-0.3, -0.25) is 4.79 Å². The second-order valence-electron chi connectivity index (χ2n) is 3.37. The number of ketones is 1. The quantitative estimate of drug-likeness (QED) is 0.465. The standard InChI is InChI=1S/C9H12O/c1-2-6-3-8-4-7(6)5-9(8)10/h2,7-8H,3-5H2,1H3/b6-2-. The highest BCUT2D eigenvalue weighted by Gasteiger charge is 2.40. The number of allylic oxidation sites excluding steroid dienone is 2. The van der Waals surface area contributed by atoms with Crippen LogP contribution in [0.3, 0.4) is 0 Å². The van der Waals surface area contributed by atoms with Crippen molar-refractivity contribution in [3.63, 3.8) is 0 Å². The van der Waals surface area contributed by atoms with E-state index in [4.69, 9.17) is 0 Å². The molecule has 1 heteroatoms. The topological polar surface area (TPSA) is 17.1 Å². The second kappa shape index (κ2) is 1.94. The Morgan fingerprint density at radius 3 is 2.60 bits per heavy atom. The highest BCUT2D eigenvalue weighted by molar-refractivity contribution is 5.85. The van der Waals surface area contributed by atoms with Gasteiger partial charge in [-0.25, -0.2) is 0 Å². The molecule has 0 saturated heterocycles. The Morgan fingerprint density at radius 2 is 2.20 bits per heavy atom. The Balaban J connectivity index is 2.24. The van der Waals surface area contributed by atoms with Crippen molar-refractivity contribution in [3.05, 3.63) is 11.6 Å². The number of rotatable bonds is 0. The van der Waals surface area contributed by atoms with E-state index in [2.05, 4.69) is 13.0 Å². The number of fused-ring (bicyclic) bond motifs is 2. The van der Waals surface area contributed by atoms with Crippen LogP contribution in [0.1, 0.15) is 26.2 Å². The Labute approximate surface area is 61.1 Å². The van der Waals surface area contributed by atoms with Crippen molar-refractivity contribution in [2.75, 3.05) is 0 Å². The molecule has 0 radical (unpaired) electrons. The largest absolute Gasteiger partial charge is 0.299 e. The monoisotopic (exact) mass is 136 g/mol. The summed E-state index contributed by atoms with van der Waals surface area (Å²) >= 11 is 0. The average molecular weight is 136 g/mol. The van der Waals surface area contributed by atoms with Gasteiger partial charge >= 0.3 is 0 Å². The first-order valence-electron chi connectivity index (χ1n) is 3.99. The van der Waals surface area contributed by atoms with Gasteiger partial charge in [-0.15, -0.1) is 0 Å². The fourth-order valence-electron chi connectivity index (χ4n) is 2.25. The minimum Gasteiger partial charge on any atom is -0.299 e. The summed E-state index contributed by atoms with van der Waals surface area (Å²) in [7, 11) is 0. The molecule has 0 N–H and O–H groups in total. The zero-order valence-corrected chi connectivity index (χ0v) is 6.26. The van der Waals surface area contributed by atoms with Gasteiger partial charge in [-0.1, -0.05) is 11.6 Å². The smallest absolute Gasteiger partial charge is 0.136 e. The van der Waals surface area contributed by atoms with Gasteiger partial charge in [0, 0.05) is 12.3 Å². The number of hydrogen-bond acceptors (Lipinski definition) is 1. The molecule has 2 aliphatic rings. The van der Waals surface area contributed by atoms with Gasteiger partial charge in [-0.2, -0.15) is 0 Å². The van der Waals surface area contributed by atoms with Crippen molar-refractivity contribution in [2.24, 2.45) is 11.8 Å². The predicted octanol–water partition coefficient (Wildman–Crippen LogP) is 1.93. The Kier molecular flexibility index (Phi) is 1.19. The minimum atomic E-state index is 0.413. The van der Waals surface area contributed by atoms with Gasteiger partial charge in [0.05, 0.1) is 0 Å². The van der Waals surface area contributed by atoms with Gasteiger partial charge in [0.15, 0.2) is 0 Å². The van der Waals surface area contributed by atoms with Crippen LogP contribution in [0.4, 0.5) is 0 Å². The maximum Gasteiger partial charge on any atom is 0.136 e. The maximum absolute atomic E-state index is 11.1. The molecule has 0 amide bonds. The summed E-state index contributed by atoms with van der Waals surface area (Å²) in [5, 5.41) is 0. The molecule has 54 valence electrons. The summed E-state index contributed by atoms with van der Waals surface area (Å²) in [5.41, 5.74) is 1.53. The molecular formula is C9H12O. The van der Waals surface area contributed by atoms with Crippen molar-refractivity contribution in [2.45, 2.75) is 26.2 Å². The average Bonchev–Trinajstić information content (AvgIpc) is 2.44. The first-order valence-corrected chi connectivity index (χ1v) is 3.99. The molecule has 10 heavy (non-hydrogen) atoms. The lowest BCUT2D eigenvalue weighted by Crippen LogP contribution is -2.09. The van der Waals surface area contributed by atoms with E-state index in [1.165, 1.54) is 5.57 Å². The maximum atomic E-state index is 11.1. The summed E-state index contributed by atoms with van der Waals surface area (Å²) in [6, 6.07) is 0.